The molecule has 0 aromatic heterocycles. The van der Waals surface area contributed by atoms with Crippen molar-refractivity contribution in [2.24, 2.45) is 4.99 Å². The number of benzene rings is 1. The number of amidine groups is 1. The molecule has 1 N–H and O–H groups in total. The average molecular weight is 219 g/mol. The summed E-state index contributed by atoms with van der Waals surface area (Å²) in [4.78, 5) is 14.5. The molecule has 16 heavy (non-hydrogen) atoms. The van der Waals surface area contributed by atoms with Crippen molar-refractivity contribution in [2.45, 2.75) is 12.8 Å². The number of nitrogens with one attached hydrogen (secondary N) is 1. The van der Waals surface area contributed by atoms with Gasteiger partial charge in [0.05, 0.1) is 17.3 Å². The van der Waals surface area contributed by atoms with Crippen molar-refractivity contribution in [1.82, 2.24) is 5.32 Å². The molecule has 0 unspecified atom stereocenters. The molecule has 84 valence electrons. The SMILES string of the molecule is O=[N+]([O-])c1cccc(CCC2=NCCN2)c1. The third-order valence-electron chi connectivity index (χ3n) is 2.52. The van der Waals surface area contributed by atoms with E-state index in [0.717, 1.165) is 37.3 Å². The number of hydrogen-bond donors (Lipinski definition) is 1. The summed E-state index contributed by atoms with van der Waals surface area (Å²) in [5.74, 6) is 1.01. The second kappa shape index (κ2) is 4.74. The molecule has 1 heterocycles. The van der Waals surface area contributed by atoms with E-state index in [4.69, 9.17) is 0 Å². The Morgan fingerprint density at radius 3 is 3.00 bits per heavy atom. The molecular formula is C11H13N3O2. The zero-order chi connectivity index (χ0) is 11.4. The van der Waals surface area contributed by atoms with E-state index in [1.54, 1.807) is 12.1 Å². The minimum Gasteiger partial charge on any atom is -0.372 e. The van der Waals surface area contributed by atoms with Crippen molar-refractivity contribution in [3.8, 4) is 0 Å². The first-order chi connectivity index (χ1) is 7.75. The molecule has 0 radical (unpaired) electrons. The molecule has 1 aliphatic heterocycles. The van der Waals surface area contributed by atoms with Crippen LogP contribution in [0.4, 0.5) is 5.69 Å². The van der Waals surface area contributed by atoms with Crippen LogP contribution in [0.25, 0.3) is 0 Å². The Bertz CT molecular complexity index is 429. The van der Waals surface area contributed by atoms with Crippen LogP contribution in [0.2, 0.25) is 0 Å². The highest BCUT2D eigenvalue weighted by Crippen LogP contribution is 2.14. The van der Waals surface area contributed by atoms with Gasteiger partial charge in [-0.1, -0.05) is 12.1 Å². The number of non-ortho nitro benzene ring substituents is 1. The predicted octanol–water partition coefficient (Wildman–Crippen LogP) is 1.53. The summed E-state index contributed by atoms with van der Waals surface area (Å²) in [6, 6.07) is 6.75. The first-order valence-electron chi connectivity index (χ1n) is 5.26. The number of rotatable bonds is 4. The number of aliphatic imine (C=N–C) groups is 1. The van der Waals surface area contributed by atoms with Crippen LogP contribution in [-0.2, 0) is 6.42 Å². The number of aryl methyl sites for hydroxylation is 1. The molecule has 5 nitrogen and oxygen atoms in total. The highest BCUT2D eigenvalue weighted by Gasteiger charge is 2.08. The van der Waals surface area contributed by atoms with Crippen molar-refractivity contribution in [3.05, 3.63) is 39.9 Å². The molecule has 5 heteroatoms. The second-order valence-electron chi connectivity index (χ2n) is 3.68. The van der Waals surface area contributed by atoms with Gasteiger partial charge in [0.2, 0.25) is 0 Å². The molecule has 0 saturated heterocycles. The molecule has 0 aliphatic carbocycles. The molecule has 1 aromatic carbocycles. The van der Waals surface area contributed by atoms with Crippen LogP contribution < -0.4 is 5.32 Å². The third kappa shape index (κ3) is 2.56. The fraction of sp³-hybridized carbons (Fsp3) is 0.364. The minimum absolute atomic E-state index is 0.152. The molecule has 1 aromatic rings. The molecule has 0 amide bonds. The fourth-order valence-electron chi connectivity index (χ4n) is 1.70. The summed E-state index contributed by atoms with van der Waals surface area (Å²) in [7, 11) is 0. The van der Waals surface area contributed by atoms with E-state index in [1.807, 2.05) is 6.07 Å². The first kappa shape index (κ1) is 10.6. The van der Waals surface area contributed by atoms with Gasteiger partial charge >= 0.3 is 0 Å². The normalized spacial score (nSPS) is 14.4. The maximum Gasteiger partial charge on any atom is 0.269 e. The van der Waals surface area contributed by atoms with Gasteiger partial charge in [0.1, 0.15) is 0 Å². The molecular weight excluding hydrogens is 206 g/mol. The van der Waals surface area contributed by atoms with Crippen LogP contribution in [0, 0.1) is 10.1 Å². The number of nitrogens with zero attached hydrogens (tertiary/aromatic N) is 2. The van der Waals surface area contributed by atoms with Crippen LogP contribution in [0.1, 0.15) is 12.0 Å². The maximum absolute atomic E-state index is 10.6. The fourth-order valence-corrected chi connectivity index (χ4v) is 1.70. The van der Waals surface area contributed by atoms with Crippen molar-refractivity contribution >= 4 is 11.5 Å². The van der Waals surface area contributed by atoms with E-state index in [9.17, 15) is 10.1 Å². The second-order valence-corrected chi connectivity index (χ2v) is 3.68. The van der Waals surface area contributed by atoms with Crippen LogP contribution in [0.3, 0.4) is 0 Å². The highest BCUT2D eigenvalue weighted by molar-refractivity contribution is 5.83. The molecule has 0 saturated carbocycles. The van der Waals surface area contributed by atoms with Gasteiger partial charge in [0.25, 0.3) is 5.69 Å². The molecule has 0 atom stereocenters. The molecule has 0 spiro atoms. The largest absolute Gasteiger partial charge is 0.372 e. The third-order valence-corrected chi connectivity index (χ3v) is 2.52. The predicted molar refractivity (Wildman–Crippen MR) is 61.7 cm³/mol. The van der Waals surface area contributed by atoms with Crippen molar-refractivity contribution < 1.29 is 4.92 Å². The van der Waals surface area contributed by atoms with Gasteiger partial charge in [-0.25, -0.2) is 0 Å². The van der Waals surface area contributed by atoms with E-state index < -0.39 is 0 Å². The lowest BCUT2D eigenvalue weighted by Crippen LogP contribution is -2.18. The van der Waals surface area contributed by atoms with Gasteiger partial charge in [-0.05, 0) is 12.0 Å². The van der Waals surface area contributed by atoms with E-state index in [0.29, 0.717) is 0 Å². The van der Waals surface area contributed by atoms with Gasteiger partial charge in [-0.2, -0.15) is 0 Å². The summed E-state index contributed by atoms with van der Waals surface area (Å²) in [6.45, 7) is 1.74. The number of nitro benzene ring substituents is 1. The average Bonchev–Trinajstić information content (AvgIpc) is 2.79. The lowest BCUT2D eigenvalue weighted by atomic mass is 10.1. The first-order valence-corrected chi connectivity index (χ1v) is 5.26. The number of nitro groups is 1. The molecule has 2 rings (SSSR count). The van der Waals surface area contributed by atoms with Gasteiger partial charge in [0, 0.05) is 25.1 Å². The van der Waals surface area contributed by atoms with E-state index in [2.05, 4.69) is 10.3 Å². The molecule has 0 bridgehead atoms. The van der Waals surface area contributed by atoms with Crippen molar-refractivity contribution in [2.75, 3.05) is 13.1 Å². The smallest absolute Gasteiger partial charge is 0.269 e. The van der Waals surface area contributed by atoms with Crippen LogP contribution >= 0.6 is 0 Å². The highest BCUT2D eigenvalue weighted by atomic mass is 16.6. The Kier molecular flexibility index (Phi) is 3.14. The Morgan fingerprint density at radius 1 is 1.44 bits per heavy atom. The van der Waals surface area contributed by atoms with Crippen LogP contribution in [-0.4, -0.2) is 23.8 Å². The van der Waals surface area contributed by atoms with Gasteiger partial charge in [0.15, 0.2) is 0 Å². The Labute approximate surface area is 93.3 Å². The summed E-state index contributed by atoms with van der Waals surface area (Å²) in [6.07, 6.45) is 1.61. The van der Waals surface area contributed by atoms with Crippen LogP contribution in [0.15, 0.2) is 29.3 Å². The van der Waals surface area contributed by atoms with E-state index in [-0.39, 0.29) is 10.6 Å². The Morgan fingerprint density at radius 2 is 2.31 bits per heavy atom. The van der Waals surface area contributed by atoms with E-state index >= 15 is 0 Å². The zero-order valence-electron chi connectivity index (χ0n) is 8.85. The van der Waals surface area contributed by atoms with Gasteiger partial charge in [-0.3, -0.25) is 15.1 Å². The Balaban J connectivity index is 1.98. The maximum atomic E-state index is 10.6. The quantitative estimate of drug-likeness (QED) is 0.616. The topological polar surface area (TPSA) is 67.5 Å². The summed E-state index contributed by atoms with van der Waals surface area (Å²) in [5.41, 5.74) is 1.13. The van der Waals surface area contributed by atoms with Gasteiger partial charge in [-0.15, -0.1) is 0 Å². The van der Waals surface area contributed by atoms with Crippen LogP contribution in [0.5, 0.6) is 0 Å². The number of hydrogen-bond acceptors (Lipinski definition) is 4. The summed E-state index contributed by atoms with van der Waals surface area (Å²) < 4.78 is 0. The molecule has 1 aliphatic rings. The Hall–Kier alpha value is -1.91. The zero-order valence-corrected chi connectivity index (χ0v) is 8.85. The monoisotopic (exact) mass is 219 g/mol. The standard InChI is InChI=1S/C11H13N3O2/c15-14(16)10-3-1-2-9(8-10)4-5-11-12-6-7-13-11/h1-3,8H,4-7H2,(H,12,13). The lowest BCUT2D eigenvalue weighted by molar-refractivity contribution is -0.384. The molecule has 0 fully saturated rings. The lowest BCUT2D eigenvalue weighted by Gasteiger charge is -2.02. The summed E-state index contributed by atoms with van der Waals surface area (Å²) >= 11 is 0. The summed E-state index contributed by atoms with van der Waals surface area (Å²) in [5, 5.41) is 13.8. The minimum atomic E-state index is -0.366. The van der Waals surface area contributed by atoms with Gasteiger partial charge < -0.3 is 5.32 Å². The van der Waals surface area contributed by atoms with Crippen molar-refractivity contribution in [3.63, 3.8) is 0 Å². The van der Waals surface area contributed by atoms with E-state index in [1.165, 1.54) is 6.07 Å². The van der Waals surface area contributed by atoms with Crippen molar-refractivity contribution in [1.29, 1.82) is 0 Å².